The third-order valence-corrected chi connectivity index (χ3v) is 6.57. The van der Waals surface area contributed by atoms with E-state index in [2.05, 4.69) is 55.2 Å². The second-order valence-electron chi connectivity index (χ2n) is 8.82. The predicted molar refractivity (Wildman–Crippen MR) is 114 cm³/mol. The number of hydrogen-bond donors (Lipinski definition) is 0. The number of aryl methyl sites for hydroxylation is 1. The van der Waals surface area contributed by atoms with Gasteiger partial charge in [0.15, 0.2) is 0 Å². The molecule has 0 bridgehead atoms. The number of likely N-dealkylation sites (N-methyl/N-ethyl adjacent to an activating group) is 1. The number of hydrogen-bond acceptors (Lipinski definition) is 4. The molecule has 0 N–H and O–H groups in total. The van der Waals surface area contributed by atoms with Crippen molar-refractivity contribution in [2.75, 3.05) is 31.6 Å². The maximum Gasteiger partial charge on any atom is 0.272 e. The Morgan fingerprint density at radius 2 is 1.93 bits per heavy atom. The quantitative estimate of drug-likeness (QED) is 0.794. The van der Waals surface area contributed by atoms with E-state index in [9.17, 15) is 4.79 Å². The average Bonchev–Trinajstić information content (AvgIpc) is 3.32. The van der Waals surface area contributed by atoms with Crippen LogP contribution in [0.1, 0.15) is 55.2 Å². The zero-order valence-corrected chi connectivity index (χ0v) is 18.0. The molecule has 2 aromatic rings. The Hall–Kier alpha value is -2.34. The van der Waals surface area contributed by atoms with E-state index in [1.807, 2.05) is 24.1 Å². The fourth-order valence-electron chi connectivity index (χ4n) is 4.54. The van der Waals surface area contributed by atoms with E-state index in [1.54, 1.807) is 4.68 Å². The van der Waals surface area contributed by atoms with Gasteiger partial charge in [-0.15, -0.1) is 0 Å². The van der Waals surface area contributed by atoms with Gasteiger partial charge in [-0.05, 0) is 43.4 Å². The molecule has 2 saturated heterocycles. The molecule has 3 heterocycles. The first kappa shape index (κ1) is 20.0. The first-order valence-electron chi connectivity index (χ1n) is 10.6. The molecule has 0 radical (unpaired) electrons. The number of nitrogens with zero attached hydrogens (tertiary/aromatic N) is 4. The molecule has 156 valence electrons. The van der Waals surface area contributed by atoms with Crippen LogP contribution in [0.2, 0.25) is 0 Å². The SMILES string of the molecule is CC(C)c1cc(C(=O)N2CCC3(CC2)C[C@H](N(C)c2ccccc2)CO3)n(C)n1. The number of ether oxygens (including phenoxy) is 1. The summed E-state index contributed by atoms with van der Waals surface area (Å²) in [6, 6.07) is 12.8. The van der Waals surface area contributed by atoms with Crippen molar-refractivity contribution in [2.45, 2.75) is 50.7 Å². The highest BCUT2D eigenvalue weighted by Crippen LogP contribution is 2.38. The Balaban J connectivity index is 1.38. The van der Waals surface area contributed by atoms with Crippen molar-refractivity contribution in [3.8, 4) is 0 Å². The Bertz CT molecular complexity index is 853. The van der Waals surface area contributed by atoms with E-state index >= 15 is 0 Å². The van der Waals surface area contributed by atoms with Gasteiger partial charge in [0.05, 0.1) is 23.9 Å². The van der Waals surface area contributed by atoms with Gasteiger partial charge in [0, 0.05) is 32.9 Å². The van der Waals surface area contributed by atoms with E-state index in [-0.39, 0.29) is 11.5 Å². The molecular formula is C23H32N4O2. The summed E-state index contributed by atoms with van der Waals surface area (Å²) in [7, 11) is 4.00. The van der Waals surface area contributed by atoms with Gasteiger partial charge in [-0.1, -0.05) is 32.0 Å². The Morgan fingerprint density at radius 1 is 1.24 bits per heavy atom. The van der Waals surface area contributed by atoms with Gasteiger partial charge in [0.1, 0.15) is 5.69 Å². The highest BCUT2D eigenvalue weighted by molar-refractivity contribution is 5.92. The Kier molecular flexibility index (Phi) is 5.38. The lowest BCUT2D eigenvalue weighted by atomic mass is 9.87. The molecule has 2 aliphatic heterocycles. The number of amides is 1. The maximum atomic E-state index is 13.0. The van der Waals surface area contributed by atoms with Crippen LogP contribution < -0.4 is 4.90 Å². The zero-order valence-electron chi connectivity index (χ0n) is 18.0. The minimum Gasteiger partial charge on any atom is -0.373 e. The second kappa shape index (κ2) is 7.82. The molecule has 2 fully saturated rings. The van der Waals surface area contributed by atoms with E-state index in [0.29, 0.717) is 17.7 Å². The second-order valence-corrected chi connectivity index (χ2v) is 8.82. The number of para-hydroxylation sites is 1. The molecule has 2 aliphatic rings. The van der Waals surface area contributed by atoms with Crippen LogP contribution in [0.15, 0.2) is 36.4 Å². The number of likely N-dealkylation sites (tertiary alicyclic amines) is 1. The van der Waals surface area contributed by atoms with Crippen LogP contribution in [0.25, 0.3) is 0 Å². The van der Waals surface area contributed by atoms with Crippen molar-refractivity contribution in [3.05, 3.63) is 47.8 Å². The summed E-state index contributed by atoms with van der Waals surface area (Å²) in [4.78, 5) is 17.3. The molecule has 0 aliphatic carbocycles. The zero-order chi connectivity index (χ0) is 20.6. The normalized spacial score (nSPS) is 21.1. The van der Waals surface area contributed by atoms with Gasteiger partial charge < -0.3 is 14.5 Å². The number of rotatable bonds is 4. The van der Waals surface area contributed by atoms with Crippen LogP contribution in [0.4, 0.5) is 5.69 Å². The highest BCUT2D eigenvalue weighted by Gasteiger charge is 2.44. The Labute approximate surface area is 173 Å². The van der Waals surface area contributed by atoms with E-state index in [1.165, 1.54) is 5.69 Å². The third kappa shape index (κ3) is 3.90. The van der Waals surface area contributed by atoms with Gasteiger partial charge in [-0.3, -0.25) is 9.48 Å². The summed E-state index contributed by atoms with van der Waals surface area (Å²) in [6.07, 6.45) is 2.81. The molecule has 4 rings (SSSR count). The van der Waals surface area contributed by atoms with Gasteiger partial charge >= 0.3 is 0 Å². The van der Waals surface area contributed by atoms with Gasteiger partial charge in [-0.2, -0.15) is 5.10 Å². The van der Waals surface area contributed by atoms with E-state index < -0.39 is 0 Å². The summed E-state index contributed by atoms with van der Waals surface area (Å²) in [5, 5.41) is 4.49. The van der Waals surface area contributed by atoms with Crippen molar-refractivity contribution >= 4 is 11.6 Å². The summed E-state index contributed by atoms with van der Waals surface area (Å²) >= 11 is 0. The molecule has 1 aromatic heterocycles. The molecule has 1 spiro atoms. The van der Waals surface area contributed by atoms with Crippen LogP contribution in [0.5, 0.6) is 0 Å². The molecule has 0 saturated carbocycles. The molecule has 1 aromatic carbocycles. The van der Waals surface area contributed by atoms with Crippen molar-refractivity contribution in [1.82, 2.24) is 14.7 Å². The van der Waals surface area contributed by atoms with Crippen molar-refractivity contribution in [3.63, 3.8) is 0 Å². The fraction of sp³-hybridized carbons (Fsp3) is 0.565. The van der Waals surface area contributed by atoms with Crippen LogP contribution in [0.3, 0.4) is 0 Å². The van der Waals surface area contributed by atoms with Crippen LogP contribution in [0, 0.1) is 0 Å². The molecular weight excluding hydrogens is 364 g/mol. The Morgan fingerprint density at radius 3 is 2.55 bits per heavy atom. The monoisotopic (exact) mass is 396 g/mol. The van der Waals surface area contributed by atoms with E-state index in [4.69, 9.17) is 4.74 Å². The number of carbonyl (C=O) groups excluding carboxylic acids is 1. The van der Waals surface area contributed by atoms with Crippen molar-refractivity contribution < 1.29 is 9.53 Å². The summed E-state index contributed by atoms with van der Waals surface area (Å²) in [5.41, 5.74) is 2.77. The minimum absolute atomic E-state index is 0.0812. The average molecular weight is 397 g/mol. The third-order valence-electron chi connectivity index (χ3n) is 6.57. The number of piperidine rings is 1. The maximum absolute atomic E-state index is 13.0. The highest BCUT2D eigenvalue weighted by atomic mass is 16.5. The molecule has 6 heteroatoms. The lowest BCUT2D eigenvalue weighted by molar-refractivity contribution is -0.0390. The number of benzene rings is 1. The van der Waals surface area contributed by atoms with Crippen molar-refractivity contribution in [1.29, 1.82) is 0 Å². The molecule has 29 heavy (non-hydrogen) atoms. The van der Waals surface area contributed by atoms with Gasteiger partial charge in [0.25, 0.3) is 5.91 Å². The number of carbonyl (C=O) groups is 1. The van der Waals surface area contributed by atoms with Gasteiger partial charge in [-0.25, -0.2) is 0 Å². The summed E-state index contributed by atoms with van der Waals surface area (Å²) < 4.78 is 8.05. The summed E-state index contributed by atoms with van der Waals surface area (Å²) in [6.45, 7) is 6.42. The van der Waals surface area contributed by atoms with Gasteiger partial charge in [0.2, 0.25) is 0 Å². The van der Waals surface area contributed by atoms with Crippen molar-refractivity contribution in [2.24, 2.45) is 7.05 Å². The largest absolute Gasteiger partial charge is 0.373 e. The molecule has 1 amide bonds. The fourth-order valence-corrected chi connectivity index (χ4v) is 4.54. The molecule has 6 nitrogen and oxygen atoms in total. The molecule has 0 unspecified atom stereocenters. The summed E-state index contributed by atoms with van der Waals surface area (Å²) in [5.74, 6) is 0.399. The first-order valence-corrected chi connectivity index (χ1v) is 10.6. The minimum atomic E-state index is -0.0972. The van der Waals surface area contributed by atoms with Crippen LogP contribution in [-0.2, 0) is 11.8 Å². The lowest BCUT2D eigenvalue weighted by Crippen LogP contribution is -2.47. The smallest absolute Gasteiger partial charge is 0.272 e. The number of aromatic nitrogens is 2. The van der Waals surface area contributed by atoms with Crippen LogP contribution >= 0.6 is 0 Å². The topological polar surface area (TPSA) is 50.6 Å². The van der Waals surface area contributed by atoms with E-state index in [0.717, 1.165) is 44.7 Å². The lowest BCUT2D eigenvalue weighted by Gasteiger charge is -2.39. The first-order chi connectivity index (χ1) is 13.9. The predicted octanol–water partition coefficient (Wildman–Crippen LogP) is 3.44. The standard InChI is InChI=1S/C23H32N4O2/c1-17(2)20-14-21(26(4)24-20)22(28)27-12-10-23(11-13-27)15-19(16-29-23)25(3)18-8-6-5-7-9-18/h5-9,14,17,19H,10-13,15-16H2,1-4H3/t19-/m0/s1. The number of anilines is 1. The van der Waals surface area contributed by atoms with Crippen LogP contribution in [-0.4, -0.2) is 59.0 Å². The molecule has 1 atom stereocenters.